The molecule has 17 N–H and O–H groups in total. The summed E-state index contributed by atoms with van der Waals surface area (Å²) in [7, 11) is -10.5. The minimum Gasteiger partial charge on any atom is -0.744 e. The van der Waals surface area contributed by atoms with Crippen LogP contribution in [0.3, 0.4) is 0 Å². The standard InChI is InChI=1S/C24H18O9.C21H15N3O3S3.C14H16N2O2.C10H9NO7S2.Na/c25-13-1-14(26)4-19(3-13)31-21-7-17(29)9-23(11-21)33-24-10-18(30)8-22(12-24)32-20-5-15(27)2-16(28)6-20;1-11-2-8-16-18(19(11)30(25,26)27)29-21(24-16)13-5-9-15-17(10-13)28-20(23-15)12-3-6-14(22)7-4-12;1-17-13-7-9(3-5-11(13)15)10-4-6-12(16)14(8-10)18-2;11-8-3-6(19(13,14)15)1-5-2-7(20(16,17)18)4-9(12)10(5)8;/h1-12,25-30H;2-10H,22H2,1H3,(H,25,26,27);3-8H,15-16H2,1-2H3;1-4,12H,11H2,(H,13,14,15)(H,16,17,18);/q;;;;+1/p-1. The van der Waals surface area contributed by atoms with Gasteiger partial charge in [-0.3, -0.25) is 9.11 Å². The molecule has 11 aromatic carbocycles. The molecular weight excluding hydrogens is 1430 g/mol. The average Bonchev–Trinajstić information content (AvgIpc) is 1.41. The number of anilines is 4. The van der Waals surface area contributed by atoms with Gasteiger partial charge in [-0.1, -0.05) is 18.2 Å². The molecule has 0 fully saturated rings. The summed E-state index contributed by atoms with van der Waals surface area (Å²) >= 11 is 2.77. The number of fused-ring (bicyclic) bond motifs is 3. The smallest absolute Gasteiger partial charge is 0.744 e. The van der Waals surface area contributed by atoms with Crippen molar-refractivity contribution in [3.63, 3.8) is 0 Å². The SMILES string of the molecule is COc1cc(-c2ccc(N)c(OC)c2)ccc1N.Cc1ccc2nc(-c3ccc4nc(-c5ccc(N)cc5)sc4c3)sc2c1S(=O)(=O)[O-].Nc1cc(S(=O)(=O)O)cc2cc(S(=O)(=O)O)cc(O)c12.Oc1cc(O)cc(Oc2cc(O)cc(Oc3cc(O)cc(Oc4cc(O)cc(O)c4)c3)c2)c1.[Na+]. The number of nitrogens with two attached hydrogens (primary N) is 4. The third-order valence-corrected chi connectivity index (χ3v) is 19.4. The number of methoxy groups -OCH3 is 2. The maximum atomic E-state index is 11.8. The van der Waals surface area contributed by atoms with Crippen molar-refractivity contribution in [2.24, 2.45) is 0 Å². The molecule has 0 aliphatic carbocycles. The number of hydrogen-bond acceptors (Lipinski definition) is 27. The molecular formula is C69H57N6NaO21S5. The summed E-state index contributed by atoms with van der Waals surface area (Å²) in [6.07, 6.45) is 0. The van der Waals surface area contributed by atoms with E-state index in [-0.39, 0.29) is 120 Å². The predicted octanol–water partition coefficient (Wildman–Crippen LogP) is 10.5. The predicted molar refractivity (Wildman–Crippen MR) is 380 cm³/mol. The van der Waals surface area contributed by atoms with Crippen LogP contribution >= 0.6 is 22.7 Å². The Hall–Kier alpha value is -11.0. The van der Waals surface area contributed by atoms with Crippen LogP contribution in [-0.2, 0) is 30.4 Å². The third kappa shape index (κ3) is 18.5. The second-order valence-corrected chi connectivity index (χ2v) is 28.0. The molecule has 0 saturated carbocycles. The topological polar surface area (TPSA) is 484 Å². The van der Waals surface area contributed by atoms with Crippen LogP contribution in [-0.4, -0.2) is 98.8 Å². The number of aryl methyl sites for hydroxylation is 1. The molecule has 33 heteroatoms. The van der Waals surface area contributed by atoms with Crippen LogP contribution in [0.25, 0.3) is 63.5 Å². The molecule has 0 saturated heterocycles. The van der Waals surface area contributed by atoms with E-state index in [0.29, 0.717) is 49.3 Å². The van der Waals surface area contributed by atoms with Gasteiger partial charge < -0.3 is 86.9 Å². The van der Waals surface area contributed by atoms with Gasteiger partial charge in [-0.05, 0) is 120 Å². The van der Waals surface area contributed by atoms with Crippen molar-refractivity contribution < 1.29 is 128 Å². The second kappa shape index (κ2) is 30.8. The molecule has 102 heavy (non-hydrogen) atoms. The van der Waals surface area contributed by atoms with Crippen LogP contribution in [0.2, 0.25) is 0 Å². The summed E-state index contributed by atoms with van der Waals surface area (Å²) in [5.74, 6) is 0.480. The number of phenols is 7. The van der Waals surface area contributed by atoms with Crippen molar-refractivity contribution in [1.82, 2.24) is 9.97 Å². The number of benzene rings is 11. The van der Waals surface area contributed by atoms with E-state index in [2.05, 4.69) is 9.97 Å². The molecule has 0 radical (unpaired) electrons. The Labute approximate surface area is 611 Å². The summed E-state index contributed by atoms with van der Waals surface area (Å²) in [5.41, 5.74) is 30.3. The number of rotatable bonds is 14. The molecule has 13 rings (SSSR count). The van der Waals surface area contributed by atoms with Crippen molar-refractivity contribution in [2.75, 3.05) is 37.2 Å². The van der Waals surface area contributed by atoms with Gasteiger partial charge in [0.2, 0.25) is 0 Å². The zero-order valence-corrected chi connectivity index (χ0v) is 59.6. The normalized spacial score (nSPS) is 11.2. The molecule has 0 bridgehead atoms. The fourth-order valence-corrected chi connectivity index (χ4v) is 14.2. The minimum atomic E-state index is -4.59. The van der Waals surface area contributed by atoms with Gasteiger partial charge in [-0.15, -0.1) is 22.7 Å². The Balaban J connectivity index is 0.000000162. The van der Waals surface area contributed by atoms with Crippen LogP contribution in [0.15, 0.2) is 203 Å². The van der Waals surface area contributed by atoms with Crippen molar-refractivity contribution in [2.45, 2.75) is 21.6 Å². The maximum Gasteiger partial charge on any atom is 1.00 e. The Morgan fingerprint density at radius 1 is 0.422 bits per heavy atom. The zero-order valence-electron chi connectivity index (χ0n) is 53.6. The van der Waals surface area contributed by atoms with Gasteiger partial charge in [-0.2, -0.15) is 16.8 Å². The fraction of sp³-hybridized carbons (Fsp3) is 0.0435. The fourth-order valence-electron chi connectivity index (χ4n) is 9.87. The number of nitrogens with zero attached hydrogens (tertiary/aromatic N) is 2. The minimum absolute atomic E-state index is 0. The van der Waals surface area contributed by atoms with Gasteiger partial charge in [0, 0.05) is 107 Å². The van der Waals surface area contributed by atoms with Crippen LogP contribution in [0.1, 0.15) is 5.56 Å². The number of aromatic hydroxyl groups is 7. The Morgan fingerprint density at radius 2 is 0.814 bits per heavy atom. The van der Waals surface area contributed by atoms with Gasteiger partial charge in [0.15, 0.2) is 0 Å². The Morgan fingerprint density at radius 3 is 1.25 bits per heavy atom. The number of phenolic OH excluding ortho intramolecular Hbond substituents is 7. The van der Waals surface area contributed by atoms with Crippen LogP contribution < -0.4 is 76.2 Å². The van der Waals surface area contributed by atoms with E-state index in [1.165, 1.54) is 72.0 Å². The monoisotopic (exact) mass is 1490 g/mol. The summed E-state index contributed by atoms with van der Waals surface area (Å²) in [6.45, 7) is 1.62. The first-order valence-electron chi connectivity index (χ1n) is 29.0. The van der Waals surface area contributed by atoms with Crippen LogP contribution in [0.5, 0.6) is 86.2 Å². The summed E-state index contributed by atoms with van der Waals surface area (Å²) in [4.78, 5) is 7.88. The number of hydrogen-bond donors (Lipinski definition) is 13. The first-order chi connectivity index (χ1) is 47.7. The first kappa shape index (κ1) is 75.2. The Kier molecular flexibility index (Phi) is 22.7. The molecule has 0 atom stereocenters. The van der Waals surface area contributed by atoms with E-state index in [1.807, 2.05) is 78.9 Å². The molecule has 0 aliphatic rings. The Bertz CT molecular complexity index is 5440. The third-order valence-electron chi connectivity index (χ3n) is 14.3. The number of ether oxygens (including phenoxy) is 5. The molecule has 0 spiro atoms. The van der Waals surface area contributed by atoms with Crippen molar-refractivity contribution in [3.05, 3.63) is 194 Å². The van der Waals surface area contributed by atoms with Gasteiger partial charge in [0.05, 0.1) is 60.7 Å². The van der Waals surface area contributed by atoms with Gasteiger partial charge in [0.1, 0.15) is 106 Å². The molecule has 0 aliphatic heterocycles. The van der Waals surface area contributed by atoms with E-state index in [4.69, 9.17) is 55.7 Å². The van der Waals surface area contributed by atoms with Crippen molar-refractivity contribution in [3.8, 4) is 119 Å². The molecule has 27 nitrogen and oxygen atoms in total. The first-order valence-corrected chi connectivity index (χ1v) is 34.9. The quantitative estimate of drug-likeness (QED) is 0.0273. The number of aromatic nitrogens is 2. The van der Waals surface area contributed by atoms with Crippen LogP contribution in [0.4, 0.5) is 22.7 Å². The molecule has 2 aromatic heterocycles. The van der Waals surface area contributed by atoms with E-state index in [9.17, 15) is 65.6 Å². The van der Waals surface area contributed by atoms with Crippen molar-refractivity contribution in [1.29, 1.82) is 0 Å². The van der Waals surface area contributed by atoms with E-state index in [0.717, 1.165) is 73.9 Å². The molecule has 0 amide bonds. The summed E-state index contributed by atoms with van der Waals surface area (Å²) in [6, 6.07) is 47.1. The van der Waals surface area contributed by atoms with E-state index in [1.54, 1.807) is 44.6 Å². The molecule has 0 unspecified atom stereocenters. The number of nitrogen functional groups attached to an aromatic ring is 4. The average molecular weight is 1490 g/mol. The molecule has 13 aromatic rings. The van der Waals surface area contributed by atoms with Gasteiger partial charge >= 0.3 is 29.6 Å². The van der Waals surface area contributed by atoms with Crippen LogP contribution in [0, 0.1) is 6.92 Å². The largest absolute Gasteiger partial charge is 1.00 e. The van der Waals surface area contributed by atoms with Crippen molar-refractivity contribution >= 4 is 107 Å². The summed E-state index contributed by atoms with van der Waals surface area (Å²) < 4.78 is 126. The zero-order chi connectivity index (χ0) is 73.0. The summed E-state index contributed by atoms with van der Waals surface area (Å²) in [5, 5.41) is 69.6. The second-order valence-electron chi connectivity index (χ2n) is 21.8. The van der Waals surface area contributed by atoms with E-state index < -0.39 is 45.9 Å². The van der Waals surface area contributed by atoms with Gasteiger partial charge in [-0.25, -0.2) is 18.4 Å². The number of thiazole rings is 2. The molecule has 520 valence electrons. The van der Waals surface area contributed by atoms with Gasteiger partial charge in [0.25, 0.3) is 20.2 Å². The maximum absolute atomic E-state index is 11.8. The molecule has 2 heterocycles. The van der Waals surface area contributed by atoms with E-state index >= 15 is 0 Å².